The van der Waals surface area contributed by atoms with Crippen LogP contribution >= 0.6 is 0 Å². The van der Waals surface area contributed by atoms with Crippen molar-refractivity contribution in [3.05, 3.63) is 36.5 Å². The summed E-state index contributed by atoms with van der Waals surface area (Å²) in [6, 6.07) is 0. The fourth-order valence-corrected chi connectivity index (χ4v) is 4.68. The first-order valence-corrected chi connectivity index (χ1v) is 17.1. The number of aliphatic hydroxyl groups is 1. The Morgan fingerprint density at radius 1 is 0.714 bits per heavy atom. The molecule has 0 aliphatic carbocycles. The van der Waals surface area contributed by atoms with Gasteiger partial charge in [0.1, 0.15) is 19.3 Å². The van der Waals surface area contributed by atoms with E-state index in [9.17, 15) is 14.7 Å². The van der Waals surface area contributed by atoms with Crippen molar-refractivity contribution in [2.24, 2.45) is 5.92 Å². The summed E-state index contributed by atoms with van der Waals surface area (Å²) in [6.07, 6.45) is 32.3. The number of aliphatic hydroxyl groups excluding tert-OH is 1. The summed E-state index contributed by atoms with van der Waals surface area (Å²) in [4.78, 5) is 23.8. The minimum Gasteiger partial charge on any atom is -0.463 e. The van der Waals surface area contributed by atoms with E-state index in [0.29, 0.717) is 31.5 Å². The predicted octanol–water partition coefficient (Wildman–Crippen LogP) is 8.96. The monoisotopic (exact) mass is 590 g/mol. The average molecular weight is 591 g/mol. The van der Waals surface area contributed by atoms with Gasteiger partial charge in [-0.1, -0.05) is 115 Å². The zero-order chi connectivity index (χ0) is 30.7. The lowest BCUT2D eigenvalue weighted by atomic mass is 10.00. The first kappa shape index (κ1) is 38.1. The quantitative estimate of drug-likeness (QED) is 0.0424. The highest BCUT2D eigenvalue weighted by molar-refractivity contribution is 5.69. The van der Waals surface area contributed by atoms with Gasteiger partial charge in [-0.15, -0.1) is 0 Å². The number of allylic oxidation sites excluding steroid dienone is 4. The van der Waals surface area contributed by atoms with Crippen molar-refractivity contribution in [2.75, 3.05) is 13.2 Å². The van der Waals surface area contributed by atoms with Gasteiger partial charge in [0.05, 0.1) is 12.2 Å². The Hall–Kier alpha value is -1.92. The molecule has 1 fully saturated rings. The minimum absolute atomic E-state index is 0.138. The Morgan fingerprint density at radius 3 is 1.93 bits per heavy atom. The summed E-state index contributed by atoms with van der Waals surface area (Å²) in [7, 11) is 0. The predicted molar refractivity (Wildman–Crippen MR) is 172 cm³/mol. The molecule has 0 bridgehead atoms. The highest BCUT2D eigenvalue weighted by Gasteiger charge is 2.35. The van der Waals surface area contributed by atoms with Gasteiger partial charge >= 0.3 is 11.9 Å². The van der Waals surface area contributed by atoms with Crippen LogP contribution in [-0.4, -0.2) is 48.6 Å². The molecule has 1 aliphatic rings. The third-order valence-electron chi connectivity index (χ3n) is 7.82. The van der Waals surface area contributed by atoms with Crippen LogP contribution in [-0.2, 0) is 23.8 Å². The van der Waals surface area contributed by atoms with Crippen LogP contribution in [0.15, 0.2) is 36.5 Å². The molecule has 1 aliphatic heterocycles. The molecule has 6 heteroatoms. The molecule has 0 radical (unpaired) electrons. The van der Waals surface area contributed by atoms with Crippen LogP contribution in [0.25, 0.3) is 0 Å². The minimum atomic E-state index is -0.989. The van der Waals surface area contributed by atoms with Gasteiger partial charge in [0, 0.05) is 12.8 Å². The van der Waals surface area contributed by atoms with Gasteiger partial charge in [0.15, 0.2) is 0 Å². The molecule has 3 unspecified atom stereocenters. The summed E-state index contributed by atoms with van der Waals surface area (Å²) < 4.78 is 16.0. The van der Waals surface area contributed by atoms with Crippen LogP contribution in [0, 0.1) is 5.92 Å². The summed E-state index contributed by atoms with van der Waals surface area (Å²) >= 11 is 0. The Morgan fingerprint density at radius 2 is 1.26 bits per heavy atom. The molecular formula is C36H62O6. The first-order valence-electron chi connectivity index (χ1n) is 17.1. The van der Waals surface area contributed by atoms with E-state index >= 15 is 0 Å². The van der Waals surface area contributed by atoms with Crippen molar-refractivity contribution in [1.29, 1.82) is 0 Å². The maximum absolute atomic E-state index is 11.9. The van der Waals surface area contributed by atoms with Crippen molar-refractivity contribution >= 4 is 11.9 Å². The Kier molecular flexibility index (Phi) is 24.2. The number of esters is 2. The zero-order valence-electron chi connectivity index (χ0n) is 27.1. The molecule has 4 atom stereocenters. The van der Waals surface area contributed by atoms with Crippen molar-refractivity contribution in [2.45, 2.75) is 161 Å². The highest BCUT2D eigenvalue weighted by Crippen LogP contribution is 2.29. The Labute approximate surface area is 257 Å². The number of ether oxygens (including phenoxy) is 3. The summed E-state index contributed by atoms with van der Waals surface area (Å²) in [5.74, 6) is 0.179. The van der Waals surface area contributed by atoms with Crippen LogP contribution in [0.2, 0.25) is 0 Å². The van der Waals surface area contributed by atoms with E-state index in [1.54, 1.807) is 0 Å². The number of epoxide rings is 1. The third kappa shape index (κ3) is 23.6. The number of rotatable bonds is 28. The van der Waals surface area contributed by atoms with Gasteiger partial charge < -0.3 is 19.3 Å². The van der Waals surface area contributed by atoms with E-state index in [4.69, 9.17) is 14.2 Å². The molecule has 0 aromatic heterocycles. The number of carbonyl (C=O) groups is 2. The standard InChI is InChI=1S/C36H62O6/c1-4-6-7-8-9-10-11-15-20-25-33-34(42-33)26-21-17-18-23-28-36(39)41-30-32(37)29-40-35(38)27-22-16-13-12-14-19-24-31(3)5-2/h9-10,15,17,20-21,31-34,37H,4-8,11-14,16,18-19,22-30H2,1-3H3/b10-9-,20-15-,21-17-/t31?,32-,33?,34?/m0/s1. The highest BCUT2D eigenvalue weighted by atomic mass is 16.6. The second-order valence-corrected chi connectivity index (χ2v) is 11.9. The maximum Gasteiger partial charge on any atom is 0.305 e. The zero-order valence-corrected chi connectivity index (χ0v) is 27.1. The van der Waals surface area contributed by atoms with Crippen LogP contribution in [0.5, 0.6) is 0 Å². The smallest absolute Gasteiger partial charge is 0.305 e. The summed E-state index contributed by atoms with van der Waals surface area (Å²) in [5, 5.41) is 9.96. The number of unbranched alkanes of at least 4 members (excludes halogenated alkanes) is 9. The van der Waals surface area contributed by atoms with Gasteiger partial charge in [-0.3, -0.25) is 9.59 Å². The van der Waals surface area contributed by atoms with Crippen molar-refractivity contribution in [3.8, 4) is 0 Å². The van der Waals surface area contributed by atoms with E-state index < -0.39 is 6.10 Å². The largest absolute Gasteiger partial charge is 0.463 e. The second kappa shape index (κ2) is 26.7. The molecule has 0 amide bonds. The molecule has 242 valence electrons. The Bertz CT molecular complexity index is 758. The molecule has 1 N–H and O–H groups in total. The molecule has 1 saturated heterocycles. The van der Waals surface area contributed by atoms with Gasteiger partial charge in [-0.2, -0.15) is 0 Å². The van der Waals surface area contributed by atoms with Crippen molar-refractivity contribution < 1.29 is 28.9 Å². The molecule has 1 heterocycles. The van der Waals surface area contributed by atoms with E-state index in [2.05, 4.69) is 57.2 Å². The molecule has 0 spiro atoms. The molecular weight excluding hydrogens is 528 g/mol. The topological polar surface area (TPSA) is 85.4 Å². The fraction of sp³-hybridized carbons (Fsp3) is 0.778. The number of carbonyl (C=O) groups excluding carboxylic acids is 2. The molecule has 0 aromatic carbocycles. The lowest BCUT2D eigenvalue weighted by Gasteiger charge is -2.12. The van der Waals surface area contributed by atoms with Crippen LogP contribution in [0.4, 0.5) is 0 Å². The van der Waals surface area contributed by atoms with Gasteiger partial charge in [0.25, 0.3) is 0 Å². The van der Waals surface area contributed by atoms with E-state index in [-0.39, 0.29) is 25.2 Å². The molecule has 42 heavy (non-hydrogen) atoms. The molecule has 1 rings (SSSR count). The van der Waals surface area contributed by atoms with Crippen LogP contribution < -0.4 is 0 Å². The van der Waals surface area contributed by atoms with Gasteiger partial charge in [0.2, 0.25) is 0 Å². The van der Waals surface area contributed by atoms with Crippen LogP contribution in [0.1, 0.15) is 143 Å². The number of hydrogen-bond donors (Lipinski definition) is 1. The van der Waals surface area contributed by atoms with Crippen LogP contribution in [0.3, 0.4) is 0 Å². The summed E-state index contributed by atoms with van der Waals surface area (Å²) in [6.45, 7) is 6.49. The van der Waals surface area contributed by atoms with E-state index in [0.717, 1.165) is 50.9 Å². The summed E-state index contributed by atoms with van der Waals surface area (Å²) in [5.41, 5.74) is 0. The molecule has 0 saturated carbocycles. The normalized spacial score (nSPS) is 18.2. The van der Waals surface area contributed by atoms with Gasteiger partial charge in [-0.05, 0) is 57.3 Å². The Balaban J connectivity index is 1.92. The fourth-order valence-electron chi connectivity index (χ4n) is 4.68. The second-order valence-electron chi connectivity index (χ2n) is 11.9. The lowest BCUT2D eigenvalue weighted by molar-refractivity contribution is -0.152. The van der Waals surface area contributed by atoms with Crippen molar-refractivity contribution in [1.82, 2.24) is 0 Å². The number of hydrogen-bond acceptors (Lipinski definition) is 6. The van der Waals surface area contributed by atoms with Crippen molar-refractivity contribution in [3.63, 3.8) is 0 Å². The molecule has 0 aromatic rings. The average Bonchev–Trinajstić information content (AvgIpc) is 3.74. The maximum atomic E-state index is 11.9. The van der Waals surface area contributed by atoms with Gasteiger partial charge in [-0.25, -0.2) is 0 Å². The molecule has 6 nitrogen and oxygen atoms in total. The SMILES string of the molecule is CCCCC/C=C\C/C=C\CC1OC1C/C=C\CCCC(=O)OC[C@@H](O)COC(=O)CCCCCCCCC(C)CC. The third-order valence-corrected chi connectivity index (χ3v) is 7.82. The lowest BCUT2D eigenvalue weighted by Crippen LogP contribution is -2.25. The first-order chi connectivity index (χ1) is 20.5. The van der Waals surface area contributed by atoms with E-state index in [1.165, 1.54) is 57.8 Å². The van der Waals surface area contributed by atoms with E-state index in [1.807, 2.05) is 0 Å².